The van der Waals surface area contributed by atoms with Crippen LogP contribution in [0.1, 0.15) is 5.56 Å². The van der Waals surface area contributed by atoms with Crippen LogP contribution in [0, 0.1) is 5.82 Å². The van der Waals surface area contributed by atoms with E-state index in [1.165, 1.54) is 18.1 Å². The van der Waals surface area contributed by atoms with Crippen molar-refractivity contribution in [2.45, 2.75) is 18.6 Å². The molecule has 2 aliphatic heterocycles. The van der Waals surface area contributed by atoms with Crippen molar-refractivity contribution in [3.63, 3.8) is 0 Å². The van der Waals surface area contributed by atoms with E-state index in [1.807, 2.05) is 35.2 Å². The number of hydrogen-bond acceptors (Lipinski definition) is 7. The number of nitrogens with zero attached hydrogens (tertiary/aromatic N) is 3. The number of cyclic esters (lactones) is 1. The SMILES string of the molecule is COCC(=O)N1CCN(c2ccc(N3CC(CNC(=O)C(N)Cc4ccccc4)OC3=O)cc2F)CC1. The summed E-state index contributed by atoms with van der Waals surface area (Å²) in [6, 6.07) is 13.3. The van der Waals surface area contributed by atoms with Crippen molar-refractivity contribution in [3.05, 3.63) is 59.9 Å². The molecule has 0 saturated carbocycles. The normalized spacial score (nSPS) is 18.5. The monoisotopic (exact) mass is 513 g/mol. The molecule has 0 radical (unpaired) electrons. The number of ether oxygens (including phenoxy) is 2. The highest BCUT2D eigenvalue weighted by Gasteiger charge is 2.33. The molecule has 2 aromatic carbocycles. The highest BCUT2D eigenvalue weighted by molar-refractivity contribution is 5.90. The van der Waals surface area contributed by atoms with Gasteiger partial charge in [-0.3, -0.25) is 14.5 Å². The second-order valence-corrected chi connectivity index (χ2v) is 9.09. The number of halogens is 1. The Morgan fingerprint density at radius 3 is 2.57 bits per heavy atom. The highest BCUT2D eigenvalue weighted by atomic mass is 19.1. The number of nitrogens with one attached hydrogen (secondary N) is 1. The van der Waals surface area contributed by atoms with Gasteiger partial charge in [-0.2, -0.15) is 0 Å². The third-order valence-electron chi connectivity index (χ3n) is 6.50. The number of nitrogens with two attached hydrogens (primary N) is 1. The fourth-order valence-corrected chi connectivity index (χ4v) is 4.48. The van der Waals surface area contributed by atoms with E-state index in [9.17, 15) is 14.4 Å². The van der Waals surface area contributed by atoms with E-state index in [0.717, 1.165) is 5.56 Å². The van der Waals surface area contributed by atoms with E-state index >= 15 is 4.39 Å². The molecule has 0 spiro atoms. The molecule has 2 unspecified atom stereocenters. The molecule has 2 fully saturated rings. The first-order valence-corrected chi connectivity index (χ1v) is 12.2. The van der Waals surface area contributed by atoms with Gasteiger partial charge in [0.05, 0.1) is 30.5 Å². The van der Waals surface area contributed by atoms with E-state index in [0.29, 0.717) is 44.0 Å². The summed E-state index contributed by atoms with van der Waals surface area (Å²) in [4.78, 5) is 41.7. The first-order valence-electron chi connectivity index (χ1n) is 12.2. The van der Waals surface area contributed by atoms with Crippen molar-refractivity contribution in [2.24, 2.45) is 5.73 Å². The van der Waals surface area contributed by atoms with Gasteiger partial charge < -0.3 is 30.3 Å². The molecule has 2 aromatic rings. The lowest BCUT2D eigenvalue weighted by atomic mass is 10.1. The zero-order valence-electron chi connectivity index (χ0n) is 20.8. The van der Waals surface area contributed by atoms with Crippen molar-refractivity contribution < 1.29 is 28.2 Å². The van der Waals surface area contributed by atoms with Gasteiger partial charge in [-0.25, -0.2) is 9.18 Å². The Balaban J connectivity index is 1.29. The van der Waals surface area contributed by atoms with Crippen LogP contribution in [0.15, 0.2) is 48.5 Å². The first kappa shape index (κ1) is 26.4. The molecule has 37 heavy (non-hydrogen) atoms. The van der Waals surface area contributed by atoms with Gasteiger partial charge in [0, 0.05) is 33.3 Å². The van der Waals surface area contributed by atoms with Crippen molar-refractivity contribution >= 4 is 29.3 Å². The maximum atomic E-state index is 15.0. The molecular formula is C26H32FN5O5. The Bertz CT molecular complexity index is 1110. The van der Waals surface area contributed by atoms with Crippen molar-refractivity contribution in [1.82, 2.24) is 10.2 Å². The average molecular weight is 514 g/mol. The topological polar surface area (TPSA) is 117 Å². The minimum absolute atomic E-state index is 0.0279. The van der Waals surface area contributed by atoms with Crippen LogP contribution >= 0.6 is 0 Å². The molecule has 2 saturated heterocycles. The van der Waals surface area contributed by atoms with Crippen LogP contribution in [0.25, 0.3) is 0 Å². The standard InChI is InChI=1S/C26H32FN5O5/c1-36-17-24(33)31-11-9-30(10-12-31)23-8-7-19(14-21(23)27)32-16-20(37-26(32)35)15-29-25(34)22(28)13-18-5-3-2-4-6-18/h2-8,14,20,22H,9-13,15-17,28H2,1H3,(H,29,34). The van der Waals surface area contributed by atoms with Gasteiger partial charge in [0.1, 0.15) is 18.5 Å². The van der Waals surface area contributed by atoms with E-state index < -0.39 is 24.1 Å². The molecule has 3 N–H and O–H groups in total. The lowest BCUT2D eigenvalue weighted by Crippen LogP contribution is -2.50. The Kier molecular flexibility index (Phi) is 8.57. The number of rotatable bonds is 9. The molecule has 2 atom stereocenters. The molecule has 10 nitrogen and oxygen atoms in total. The predicted molar refractivity (Wildman–Crippen MR) is 136 cm³/mol. The van der Waals surface area contributed by atoms with Gasteiger partial charge in [-0.1, -0.05) is 30.3 Å². The third kappa shape index (κ3) is 6.55. The van der Waals surface area contributed by atoms with Gasteiger partial charge in [0.15, 0.2) is 0 Å². The average Bonchev–Trinajstić information content (AvgIpc) is 3.28. The molecule has 11 heteroatoms. The smallest absolute Gasteiger partial charge is 0.414 e. The largest absolute Gasteiger partial charge is 0.442 e. The molecule has 0 bridgehead atoms. The molecule has 0 aliphatic carbocycles. The van der Waals surface area contributed by atoms with Gasteiger partial charge in [0.2, 0.25) is 11.8 Å². The number of hydrogen-bond donors (Lipinski definition) is 2. The van der Waals surface area contributed by atoms with Crippen LogP contribution in [-0.4, -0.2) is 87.9 Å². The summed E-state index contributed by atoms with van der Waals surface area (Å²) in [5, 5.41) is 2.74. The fourth-order valence-electron chi connectivity index (χ4n) is 4.48. The van der Waals surface area contributed by atoms with Crippen LogP contribution in [0.3, 0.4) is 0 Å². The third-order valence-corrected chi connectivity index (χ3v) is 6.50. The van der Waals surface area contributed by atoms with Crippen molar-refractivity contribution in [1.29, 1.82) is 0 Å². The van der Waals surface area contributed by atoms with Gasteiger partial charge in [0.25, 0.3) is 0 Å². The summed E-state index contributed by atoms with van der Waals surface area (Å²) in [5.41, 5.74) is 7.74. The number of piperazine rings is 1. The van der Waals surface area contributed by atoms with Crippen LogP contribution < -0.4 is 20.9 Å². The quantitative estimate of drug-likeness (QED) is 0.516. The second-order valence-electron chi connectivity index (χ2n) is 9.09. The van der Waals surface area contributed by atoms with Crippen LogP contribution in [-0.2, 0) is 25.5 Å². The molecule has 2 heterocycles. The first-order chi connectivity index (χ1) is 17.9. The number of benzene rings is 2. The summed E-state index contributed by atoms with van der Waals surface area (Å²) in [5.74, 6) is -0.891. The molecule has 4 rings (SSSR count). The minimum Gasteiger partial charge on any atom is -0.442 e. The van der Waals surface area contributed by atoms with Gasteiger partial charge in [-0.15, -0.1) is 0 Å². The lowest BCUT2D eigenvalue weighted by molar-refractivity contribution is -0.135. The van der Waals surface area contributed by atoms with Crippen LogP contribution in [0.2, 0.25) is 0 Å². The Morgan fingerprint density at radius 2 is 1.89 bits per heavy atom. The fraction of sp³-hybridized carbons (Fsp3) is 0.423. The van der Waals surface area contributed by atoms with Crippen molar-refractivity contribution in [3.8, 4) is 0 Å². The number of methoxy groups -OCH3 is 1. The summed E-state index contributed by atoms with van der Waals surface area (Å²) >= 11 is 0. The molecular weight excluding hydrogens is 481 g/mol. The summed E-state index contributed by atoms with van der Waals surface area (Å²) < 4.78 is 25.3. The van der Waals surface area contributed by atoms with E-state index in [-0.39, 0.29) is 31.5 Å². The number of carbonyl (C=O) groups is 3. The number of carbonyl (C=O) groups excluding carboxylic acids is 3. The summed E-state index contributed by atoms with van der Waals surface area (Å²) in [7, 11) is 1.47. The molecule has 2 aliphatic rings. The molecule has 0 aromatic heterocycles. The summed E-state index contributed by atoms with van der Waals surface area (Å²) in [6.45, 7) is 2.24. The Morgan fingerprint density at radius 1 is 1.16 bits per heavy atom. The highest BCUT2D eigenvalue weighted by Crippen LogP contribution is 2.28. The van der Waals surface area contributed by atoms with Gasteiger partial charge >= 0.3 is 6.09 Å². The van der Waals surface area contributed by atoms with Gasteiger partial charge in [-0.05, 0) is 30.2 Å². The van der Waals surface area contributed by atoms with E-state index in [1.54, 1.807) is 17.0 Å². The second kappa shape index (κ2) is 12.0. The maximum Gasteiger partial charge on any atom is 0.414 e. The zero-order chi connectivity index (χ0) is 26.4. The number of anilines is 2. The molecule has 3 amide bonds. The van der Waals surface area contributed by atoms with Crippen LogP contribution in [0.4, 0.5) is 20.6 Å². The number of amides is 3. The predicted octanol–water partition coefficient (Wildman–Crippen LogP) is 1.13. The Hall–Kier alpha value is -3.70. The minimum atomic E-state index is -0.725. The Labute approximate surface area is 215 Å². The molecule has 198 valence electrons. The zero-order valence-corrected chi connectivity index (χ0v) is 20.8. The van der Waals surface area contributed by atoms with Crippen LogP contribution in [0.5, 0.6) is 0 Å². The maximum absolute atomic E-state index is 15.0. The lowest BCUT2D eigenvalue weighted by Gasteiger charge is -2.36. The van der Waals surface area contributed by atoms with E-state index in [4.69, 9.17) is 15.2 Å². The van der Waals surface area contributed by atoms with Crippen molar-refractivity contribution in [2.75, 3.05) is 62.8 Å². The summed E-state index contributed by atoms with van der Waals surface area (Å²) in [6.07, 6.45) is -0.793. The van der Waals surface area contributed by atoms with E-state index in [2.05, 4.69) is 5.32 Å².